The molecule has 1 aromatic rings. The first kappa shape index (κ1) is 18.6. The lowest BCUT2D eigenvalue weighted by atomic mass is 10.0. The molecule has 2 unspecified atom stereocenters. The van der Waals surface area contributed by atoms with Gasteiger partial charge in [-0.05, 0) is 37.5 Å². The van der Waals surface area contributed by atoms with E-state index >= 15 is 0 Å². The molecule has 1 amide bonds. The van der Waals surface area contributed by atoms with Crippen molar-refractivity contribution in [3.8, 4) is 5.75 Å². The molecule has 2 atom stereocenters. The topological polar surface area (TPSA) is 58.6 Å². The summed E-state index contributed by atoms with van der Waals surface area (Å²) in [6.45, 7) is 3.54. The zero-order valence-electron chi connectivity index (χ0n) is 12.1. The second-order valence-electron chi connectivity index (χ2n) is 5.14. The van der Waals surface area contributed by atoms with E-state index in [-0.39, 0.29) is 24.3 Å². The van der Waals surface area contributed by atoms with Crippen LogP contribution in [0.25, 0.3) is 0 Å². The first-order valence-electron chi connectivity index (χ1n) is 6.58. The van der Waals surface area contributed by atoms with Crippen molar-refractivity contribution >= 4 is 22.0 Å². The molecule has 1 rings (SSSR count). The monoisotopic (exact) mass is 383 g/mol. The molecule has 22 heavy (non-hydrogen) atoms. The third-order valence-electron chi connectivity index (χ3n) is 2.90. The standard InChI is InChI=1S/C14H17BrF3NO3/c1-8(5-9(2)19-13(20)21)7-22-12-4-3-10(15)6-11(12)14(16,17)18/h3-4,6,8-9,19H,5,7H2,1-2H3,(H,20,21). The Morgan fingerprint density at radius 1 is 1.41 bits per heavy atom. The maximum absolute atomic E-state index is 12.9. The third-order valence-corrected chi connectivity index (χ3v) is 3.39. The number of carbonyl (C=O) groups is 1. The number of amides is 1. The molecule has 0 bridgehead atoms. The molecule has 0 aliphatic heterocycles. The average Bonchev–Trinajstić information content (AvgIpc) is 2.34. The van der Waals surface area contributed by atoms with E-state index in [0.717, 1.165) is 6.07 Å². The maximum Gasteiger partial charge on any atom is 0.420 e. The Morgan fingerprint density at radius 3 is 2.59 bits per heavy atom. The van der Waals surface area contributed by atoms with Crippen molar-refractivity contribution in [3.63, 3.8) is 0 Å². The fourth-order valence-electron chi connectivity index (χ4n) is 2.02. The van der Waals surface area contributed by atoms with Gasteiger partial charge in [-0.25, -0.2) is 4.79 Å². The van der Waals surface area contributed by atoms with Crippen molar-refractivity contribution in [2.75, 3.05) is 6.61 Å². The van der Waals surface area contributed by atoms with Gasteiger partial charge in [0, 0.05) is 10.5 Å². The second kappa shape index (κ2) is 7.71. The molecule has 8 heteroatoms. The van der Waals surface area contributed by atoms with Gasteiger partial charge >= 0.3 is 12.3 Å². The smallest absolute Gasteiger partial charge is 0.420 e. The van der Waals surface area contributed by atoms with Gasteiger partial charge in [-0.3, -0.25) is 0 Å². The zero-order chi connectivity index (χ0) is 16.9. The van der Waals surface area contributed by atoms with Crippen molar-refractivity contribution in [1.82, 2.24) is 5.32 Å². The number of halogens is 4. The number of ether oxygens (including phenoxy) is 1. The summed E-state index contributed by atoms with van der Waals surface area (Å²) >= 11 is 3.00. The van der Waals surface area contributed by atoms with Crippen LogP contribution in [0.15, 0.2) is 22.7 Å². The molecule has 0 fully saturated rings. The lowest BCUT2D eigenvalue weighted by Gasteiger charge is -2.19. The summed E-state index contributed by atoms with van der Waals surface area (Å²) in [6.07, 6.45) is -5.17. The predicted octanol–water partition coefficient (Wildman–Crippen LogP) is 4.53. The number of nitrogens with one attached hydrogen (secondary N) is 1. The molecule has 0 saturated heterocycles. The zero-order valence-corrected chi connectivity index (χ0v) is 13.7. The van der Waals surface area contributed by atoms with Crippen LogP contribution in [0.3, 0.4) is 0 Å². The van der Waals surface area contributed by atoms with Crippen molar-refractivity contribution in [3.05, 3.63) is 28.2 Å². The Hall–Kier alpha value is -1.44. The Kier molecular flexibility index (Phi) is 6.52. The Bertz CT molecular complexity index is 523. The van der Waals surface area contributed by atoms with Gasteiger partial charge in [0.25, 0.3) is 0 Å². The van der Waals surface area contributed by atoms with Crippen LogP contribution >= 0.6 is 15.9 Å². The predicted molar refractivity (Wildman–Crippen MR) is 79.0 cm³/mol. The highest BCUT2D eigenvalue weighted by Gasteiger charge is 2.34. The Labute approximate surface area is 134 Å². The van der Waals surface area contributed by atoms with E-state index in [4.69, 9.17) is 9.84 Å². The van der Waals surface area contributed by atoms with E-state index in [1.54, 1.807) is 13.8 Å². The molecule has 0 saturated carbocycles. The van der Waals surface area contributed by atoms with E-state index in [2.05, 4.69) is 21.2 Å². The van der Waals surface area contributed by atoms with E-state index in [0.29, 0.717) is 10.9 Å². The molecule has 0 radical (unpaired) electrons. The molecule has 1 aromatic carbocycles. The van der Waals surface area contributed by atoms with E-state index in [9.17, 15) is 18.0 Å². The van der Waals surface area contributed by atoms with Crippen LogP contribution in [-0.4, -0.2) is 23.8 Å². The molecular weight excluding hydrogens is 367 g/mol. The summed E-state index contributed by atoms with van der Waals surface area (Å²) in [4.78, 5) is 10.5. The summed E-state index contributed by atoms with van der Waals surface area (Å²) in [5.41, 5.74) is -0.842. The van der Waals surface area contributed by atoms with Crippen LogP contribution in [-0.2, 0) is 6.18 Å². The van der Waals surface area contributed by atoms with Gasteiger partial charge in [0.15, 0.2) is 0 Å². The minimum atomic E-state index is -4.50. The quantitative estimate of drug-likeness (QED) is 0.758. The number of alkyl halides is 3. The molecular formula is C14H17BrF3NO3. The Morgan fingerprint density at radius 2 is 2.05 bits per heavy atom. The van der Waals surface area contributed by atoms with Crippen molar-refractivity contribution in [2.45, 2.75) is 32.5 Å². The second-order valence-corrected chi connectivity index (χ2v) is 6.06. The summed E-state index contributed by atoms with van der Waals surface area (Å²) in [7, 11) is 0. The van der Waals surface area contributed by atoms with E-state index < -0.39 is 17.8 Å². The highest BCUT2D eigenvalue weighted by molar-refractivity contribution is 9.10. The molecule has 124 valence electrons. The van der Waals surface area contributed by atoms with Gasteiger partial charge in [-0.2, -0.15) is 13.2 Å². The van der Waals surface area contributed by atoms with Crippen molar-refractivity contribution in [2.24, 2.45) is 5.92 Å². The van der Waals surface area contributed by atoms with Crippen molar-refractivity contribution < 1.29 is 27.8 Å². The fraction of sp³-hybridized carbons (Fsp3) is 0.500. The molecule has 0 heterocycles. The summed E-state index contributed by atoms with van der Waals surface area (Å²) < 4.78 is 44.4. The minimum Gasteiger partial charge on any atom is -0.493 e. The number of hydrogen-bond donors (Lipinski definition) is 2. The lowest BCUT2D eigenvalue weighted by molar-refractivity contribution is -0.139. The largest absolute Gasteiger partial charge is 0.493 e. The lowest BCUT2D eigenvalue weighted by Crippen LogP contribution is -2.33. The molecule has 4 nitrogen and oxygen atoms in total. The van der Waals surface area contributed by atoms with Gasteiger partial charge < -0.3 is 15.2 Å². The summed E-state index contributed by atoms with van der Waals surface area (Å²) in [6, 6.07) is 3.40. The molecule has 0 aromatic heterocycles. The van der Waals surface area contributed by atoms with Crippen LogP contribution in [0.4, 0.5) is 18.0 Å². The van der Waals surface area contributed by atoms with Gasteiger partial charge in [-0.15, -0.1) is 0 Å². The molecule has 2 N–H and O–H groups in total. The van der Waals surface area contributed by atoms with Gasteiger partial charge in [0.1, 0.15) is 5.75 Å². The SMILES string of the molecule is CC(COc1ccc(Br)cc1C(F)(F)F)CC(C)NC(=O)O. The number of carboxylic acid groups (broad SMARTS) is 1. The van der Waals surface area contributed by atoms with Crippen LogP contribution in [0.2, 0.25) is 0 Å². The van der Waals surface area contributed by atoms with Crippen LogP contribution < -0.4 is 10.1 Å². The summed E-state index contributed by atoms with van der Waals surface area (Å²) in [5.74, 6) is -0.340. The van der Waals surface area contributed by atoms with Crippen LogP contribution in [0, 0.1) is 5.92 Å². The molecule has 0 aliphatic carbocycles. The molecule has 0 aliphatic rings. The average molecular weight is 384 g/mol. The van der Waals surface area contributed by atoms with E-state index in [1.165, 1.54) is 12.1 Å². The first-order chi connectivity index (χ1) is 10.1. The highest BCUT2D eigenvalue weighted by Crippen LogP contribution is 2.38. The van der Waals surface area contributed by atoms with Gasteiger partial charge in [0.05, 0.1) is 12.2 Å². The third kappa shape index (κ3) is 6.13. The number of rotatable bonds is 6. The Balaban J connectivity index is 2.66. The molecule has 0 spiro atoms. The normalized spacial score (nSPS) is 14.3. The van der Waals surface area contributed by atoms with Crippen LogP contribution in [0.1, 0.15) is 25.8 Å². The number of benzene rings is 1. The van der Waals surface area contributed by atoms with E-state index in [1.807, 2.05) is 0 Å². The fourth-order valence-corrected chi connectivity index (χ4v) is 2.38. The summed E-state index contributed by atoms with van der Waals surface area (Å²) in [5, 5.41) is 10.9. The highest BCUT2D eigenvalue weighted by atomic mass is 79.9. The van der Waals surface area contributed by atoms with Gasteiger partial charge in [-0.1, -0.05) is 22.9 Å². The van der Waals surface area contributed by atoms with Crippen LogP contribution in [0.5, 0.6) is 5.75 Å². The van der Waals surface area contributed by atoms with Crippen molar-refractivity contribution in [1.29, 1.82) is 0 Å². The number of hydrogen-bond acceptors (Lipinski definition) is 2. The first-order valence-corrected chi connectivity index (χ1v) is 7.38. The van der Waals surface area contributed by atoms with Gasteiger partial charge in [0.2, 0.25) is 0 Å². The minimum absolute atomic E-state index is 0.0658. The maximum atomic E-state index is 12.9.